The van der Waals surface area contributed by atoms with Crippen molar-refractivity contribution in [1.29, 1.82) is 0 Å². The van der Waals surface area contributed by atoms with Gasteiger partial charge >= 0.3 is 0 Å². The number of thiophene rings is 1. The molecule has 7 heteroatoms. The summed E-state index contributed by atoms with van der Waals surface area (Å²) in [4.78, 5) is 22.3. The van der Waals surface area contributed by atoms with E-state index < -0.39 is 0 Å². The molecule has 120 valence electrons. The molecular weight excluding hydrogens is 310 g/mol. The molecule has 0 aliphatic heterocycles. The van der Waals surface area contributed by atoms with Crippen molar-refractivity contribution in [3.05, 3.63) is 45.7 Å². The van der Waals surface area contributed by atoms with Crippen LogP contribution < -0.4 is 5.32 Å². The van der Waals surface area contributed by atoms with Gasteiger partial charge in [0.25, 0.3) is 11.7 Å². The molecule has 0 unspecified atom stereocenters. The van der Waals surface area contributed by atoms with Gasteiger partial charge in [-0.15, -0.1) is 16.4 Å². The molecule has 0 saturated carbocycles. The van der Waals surface area contributed by atoms with Crippen LogP contribution in [0.2, 0.25) is 0 Å². The number of aromatic nitrogens is 4. The zero-order valence-electron chi connectivity index (χ0n) is 13.6. The number of hydrogen-bond acceptors (Lipinski definition) is 5. The second kappa shape index (κ2) is 6.08. The highest BCUT2D eigenvalue weighted by Crippen LogP contribution is 2.26. The molecule has 6 nitrogen and oxygen atoms in total. The van der Waals surface area contributed by atoms with Crippen molar-refractivity contribution in [3.63, 3.8) is 0 Å². The Labute approximate surface area is 138 Å². The van der Waals surface area contributed by atoms with E-state index in [1.807, 2.05) is 37.4 Å². The van der Waals surface area contributed by atoms with Gasteiger partial charge in [-0.25, -0.2) is 9.50 Å². The van der Waals surface area contributed by atoms with Crippen LogP contribution in [-0.4, -0.2) is 25.5 Å². The smallest absolute Gasteiger partial charge is 0.291 e. The zero-order valence-corrected chi connectivity index (χ0v) is 14.4. The van der Waals surface area contributed by atoms with Crippen LogP contribution in [0.4, 0.5) is 0 Å². The zero-order chi connectivity index (χ0) is 16.6. The van der Waals surface area contributed by atoms with Gasteiger partial charge in [0.2, 0.25) is 5.82 Å². The first-order chi connectivity index (χ1) is 11.0. The molecule has 0 bridgehead atoms. The van der Waals surface area contributed by atoms with Crippen LogP contribution in [0.25, 0.3) is 5.78 Å². The van der Waals surface area contributed by atoms with Gasteiger partial charge in [-0.1, -0.05) is 19.9 Å². The average molecular weight is 329 g/mol. The normalized spacial score (nSPS) is 12.7. The van der Waals surface area contributed by atoms with Gasteiger partial charge < -0.3 is 5.32 Å². The fourth-order valence-corrected chi connectivity index (χ4v) is 3.45. The van der Waals surface area contributed by atoms with E-state index in [1.165, 1.54) is 0 Å². The number of amides is 1. The maximum absolute atomic E-state index is 12.5. The Hall–Kier alpha value is -2.28. The SMILES string of the molecule is Cc1cc(C)n2nc(C(=O)N[C@H](c3cccs3)C(C)C)nc2n1. The lowest BCUT2D eigenvalue weighted by molar-refractivity contribution is 0.0916. The van der Waals surface area contributed by atoms with Crippen LogP contribution in [0.5, 0.6) is 0 Å². The Morgan fingerprint density at radius 3 is 2.74 bits per heavy atom. The minimum Gasteiger partial charge on any atom is -0.341 e. The second-order valence-electron chi connectivity index (χ2n) is 5.90. The van der Waals surface area contributed by atoms with Crippen LogP contribution in [0, 0.1) is 19.8 Å². The maximum atomic E-state index is 12.5. The Kier molecular flexibility index (Phi) is 4.12. The van der Waals surface area contributed by atoms with Gasteiger partial charge in [-0.3, -0.25) is 4.79 Å². The van der Waals surface area contributed by atoms with Gasteiger partial charge in [0, 0.05) is 16.3 Å². The topological polar surface area (TPSA) is 72.2 Å². The Balaban J connectivity index is 1.89. The summed E-state index contributed by atoms with van der Waals surface area (Å²) in [5.41, 5.74) is 1.76. The van der Waals surface area contributed by atoms with Crippen molar-refractivity contribution in [3.8, 4) is 0 Å². The first-order valence-corrected chi connectivity index (χ1v) is 8.39. The van der Waals surface area contributed by atoms with E-state index in [0.29, 0.717) is 5.78 Å². The highest BCUT2D eigenvalue weighted by atomic mass is 32.1. The minimum absolute atomic E-state index is 0.0510. The predicted molar refractivity (Wildman–Crippen MR) is 89.6 cm³/mol. The number of aryl methyl sites for hydroxylation is 2. The Bertz CT molecular complexity index is 838. The summed E-state index contributed by atoms with van der Waals surface area (Å²) < 4.78 is 1.59. The molecule has 0 fully saturated rings. The molecule has 3 aromatic heterocycles. The summed E-state index contributed by atoms with van der Waals surface area (Å²) in [6, 6.07) is 5.87. The van der Waals surface area contributed by atoms with E-state index in [0.717, 1.165) is 16.3 Å². The number of nitrogens with one attached hydrogen (secondary N) is 1. The molecule has 0 aliphatic carbocycles. The van der Waals surface area contributed by atoms with Gasteiger partial charge in [0.1, 0.15) is 0 Å². The summed E-state index contributed by atoms with van der Waals surface area (Å²) in [6.45, 7) is 7.97. The first kappa shape index (κ1) is 15.6. The summed E-state index contributed by atoms with van der Waals surface area (Å²) in [5, 5.41) is 9.33. The third kappa shape index (κ3) is 3.10. The predicted octanol–water partition coefficient (Wildman–Crippen LogP) is 2.93. The average Bonchev–Trinajstić information content (AvgIpc) is 3.12. The molecule has 1 atom stereocenters. The summed E-state index contributed by atoms with van der Waals surface area (Å²) in [7, 11) is 0. The van der Waals surface area contributed by atoms with Crippen LogP contribution in [0.15, 0.2) is 23.6 Å². The summed E-state index contributed by atoms with van der Waals surface area (Å²) in [6.07, 6.45) is 0. The Morgan fingerprint density at radius 1 is 1.30 bits per heavy atom. The quantitative estimate of drug-likeness (QED) is 0.799. The molecule has 0 aromatic carbocycles. The lowest BCUT2D eigenvalue weighted by Gasteiger charge is -2.20. The van der Waals surface area contributed by atoms with Gasteiger partial charge in [-0.05, 0) is 37.3 Å². The van der Waals surface area contributed by atoms with E-state index >= 15 is 0 Å². The van der Waals surface area contributed by atoms with E-state index in [4.69, 9.17) is 0 Å². The second-order valence-corrected chi connectivity index (χ2v) is 6.88. The molecule has 0 radical (unpaired) electrons. The van der Waals surface area contributed by atoms with E-state index in [1.54, 1.807) is 15.9 Å². The molecule has 0 spiro atoms. The minimum atomic E-state index is -0.278. The number of carbonyl (C=O) groups excluding carboxylic acids is 1. The fourth-order valence-electron chi connectivity index (χ4n) is 2.50. The largest absolute Gasteiger partial charge is 0.341 e. The molecule has 3 heterocycles. The number of nitrogens with zero attached hydrogens (tertiary/aromatic N) is 4. The number of hydrogen-bond donors (Lipinski definition) is 1. The molecule has 0 aliphatic rings. The van der Waals surface area contributed by atoms with E-state index in [2.05, 4.69) is 34.2 Å². The van der Waals surface area contributed by atoms with Gasteiger partial charge in [-0.2, -0.15) is 4.98 Å². The van der Waals surface area contributed by atoms with Crippen LogP contribution in [0.3, 0.4) is 0 Å². The van der Waals surface area contributed by atoms with Crippen molar-refractivity contribution in [2.45, 2.75) is 33.7 Å². The molecule has 1 amide bonds. The highest BCUT2D eigenvalue weighted by molar-refractivity contribution is 7.10. The van der Waals surface area contributed by atoms with E-state index in [9.17, 15) is 4.79 Å². The third-order valence-electron chi connectivity index (χ3n) is 3.62. The lowest BCUT2D eigenvalue weighted by Crippen LogP contribution is -2.32. The number of rotatable bonds is 4. The van der Waals surface area contributed by atoms with E-state index in [-0.39, 0.29) is 23.7 Å². The maximum Gasteiger partial charge on any atom is 0.291 e. The molecular formula is C16H19N5OS. The van der Waals surface area contributed by atoms with Crippen LogP contribution in [-0.2, 0) is 0 Å². The number of fused-ring (bicyclic) bond motifs is 1. The van der Waals surface area contributed by atoms with Crippen molar-refractivity contribution in [1.82, 2.24) is 24.9 Å². The van der Waals surface area contributed by atoms with Crippen LogP contribution >= 0.6 is 11.3 Å². The molecule has 1 N–H and O–H groups in total. The van der Waals surface area contributed by atoms with Crippen molar-refractivity contribution in [2.24, 2.45) is 5.92 Å². The monoisotopic (exact) mass is 329 g/mol. The van der Waals surface area contributed by atoms with Crippen molar-refractivity contribution < 1.29 is 4.79 Å². The van der Waals surface area contributed by atoms with Crippen molar-refractivity contribution in [2.75, 3.05) is 0 Å². The van der Waals surface area contributed by atoms with Gasteiger partial charge in [0.15, 0.2) is 0 Å². The van der Waals surface area contributed by atoms with Crippen molar-refractivity contribution >= 4 is 23.0 Å². The molecule has 23 heavy (non-hydrogen) atoms. The highest BCUT2D eigenvalue weighted by Gasteiger charge is 2.23. The first-order valence-electron chi connectivity index (χ1n) is 7.51. The van der Waals surface area contributed by atoms with Gasteiger partial charge in [0.05, 0.1) is 6.04 Å². The molecule has 3 aromatic rings. The number of carbonyl (C=O) groups is 1. The summed E-state index contributed by atoms with van der Waals surface area (Å²) in [5.74, 6) is 0.592. The van der Waals surface area contributed by atoms with Crippen LogP contribution in [0.1, 0.15) is 46.8 Å². The standard InChI is InChI=1S/C16H19N5OS/c1-9(2)13(12-6-5-7-23-12)18-15(22)14-19-16-17-10(3)8-11(4)21(16)20-14/h5-9,13H,1-4H3,(H,18,22)/t13-/m0/s1. The lowest BCUT2D eigenvalue weighted by atomic mass is 10.0. The third-order valence-corrected chi connectivity index (χ3v) is 4.58. The molecule has 0 saturated heterocycles. The fraction of sp³-hybridized carbons (Fsp3) is 0.375. The summed E-state index contributed by atoms with van der Waals surface area (Å²) >= 11 is 1.63. The Morgan fingerprint density at radius 2 is 2.09 bits per heavy atom. The molecule has 3 rings (SSSR count).